The molecule has 3 rings (SSSR count). The molecule has 1 amide bonds. The average molecular weight is 341 g/mol. The van der Waals surface area contributed by atoms with E-state index in [-0.39, 0.29) is 30.1 Å². The first-order valence-electron chi connectivity index (χ1n) is 8.99. The van der Waals surface area contributed by atoms with Gasteiger partial charge in [-0.3, -0.25) is 14.7 Å². The number of nitrogens with one attached hydrogen (secondary N) is 1. The number of nitrogens with zero attached hydrogens (tertiary/aromatic N) is 2. The van der Waals surface area contributed by atoms with Gasteiger partial charge in [-0.15, -0.1) is 0 Å². The molecule has 0 radical (unpaired) electrons. The molecule has 1 N–H and O–H groups in total. The van der Waals surface area contributed by atoms with Crippen LogP contribution < -0.4 is 5.32 Å². The highest BCUT2D eigenvalue weighted by atomic mass is 16.5. The molecule has 5 nitrogen and oxygen atoms in total. The molecule has 1 aliphatic rings. The molecule has 0 spiro atoms. The smallest absolute Gasteiger partial charge is 0.242 e. The van der Waals surface area contributed by atoms with Crippen LogP contribution in [0.1, 0.15) is 27.7 Å². The fourth-order valence-electron chi connectivity index (χ4n) is 3.69. The van der Waals surface area contributed by atoms with E-state index in [1.165, 1.54) is 0 Å². The van der Waals surface area contributed by atoms with Gasteiger partial charge in [0.1, 0.15) is 0 Å². The van der Waals surface area contributed by atoms with Gasteiger partial charge in [0.05, 0.1) is 35.7 Å². The summed E-state index contributed by atoms with van der Waals surface area (Å²) in [5, 5.41) is 4.08. The lowest BCUT2D eigenvalue weighted by atomic mass is 9.99. The van der Waals surface area contributed by atoms with Gasteiger partial charge in [-0.2, -0.15) is 0 Å². The Balaban J connectivity index is 1.78. The maximum atomic E-state index is 13.0. The van der Waals surface area contributed by atoms with Crippen LogP contribution >= 0.6 is 0 Å². The van der Waals surface area contributed by atoms with E-state index >= 15 is 0 Å². The summed E-state index contributed by atoms with van der Waals surface area (Å²) >= 11 is 0. The number of para-hydroxylation sites is 1. The first kappa shape index (κ1) is 17.8. The van der Waals surface area contributed by atoms with Crippen LogP contribution in [0.5, 0.6) is 0 Å². The molecule has 2 heterocycles. The molecule has 1 saturated heterocycles. The van der Waals surface area contributed by atoms with Crippen LogP contribution in [0, 0.1) is 5.92 Å². The number of anilines is 1. The van der Waals surface area contributed by atoms with E-state index in [2.05, 4.69) is 42.9 Å². The molecular weight excluding hydrogens is 314 g/mol. The van der Waals surface area contributed by atoms with Crippen LogP contribution in [-0.4, -0.2) is 47.1 Å². The monoisotopic (exact) mass is 341 g/mol. The minimum absolute atomic E-state index is 0.0216. The van der Waals surface area contributed by atoms with Crippen LogP contribution in [0.4, 0.5) is 5.69 Å². The third kappa shape index (κ3) is 4.17. The Kier molecular flexibility index (Phi) is 5.35. The molecule has 1 fully saturated rings. The van der Waals surface area contributed by atoms with E-state index in [1.54, 1.807) is 6.20 Å². The summed E-state index contributed by atoms with van der Waals surface area (Å²) in [4.78, 5) is 19.7. The number of ether oxygens (including phenoxy) is 1. The van der Waals surface area contributed by atoms with Crippen LogP contribution in [-0.2, 0) is 9.53 Å². The van der Waals surface area contributed by atoms with Gasteiger partial charge >= 0.3 is 0 Å². The number of rotatable bonds is 4. The van der Waals surface area contributed by atoms with Gasteiger partial charge in [-0.25, -0.2) is 0 Å². The van der Waals surface area contributed by atoms with Crippen molar-refractivity contribution in [1.29, 1.82) is 0 Å². The molecule has 5 heteroatoms. The zero-order valence-electron chi connectivity index (χ0n) is 15.4. The normalized spacial score (nSPS) is 22.9. The number of fused-ring (bicyclic) bond motifs is 1. The van der Waals surface area contributed by atoms with Gasteiger partial charge in [0.25, 0.3) is 0 Å². The second kappa shape index (κ2) is 7.50. The molecule has 0 unspecified atom stereocenters. The summed E-state index contributed by atoms with van der Waals surface area (Å²) in [7, 11) is 0. The van der Waals surface area contributed by atoms with E-state index < -0.39 is 0 Å². The zero-order chi connectivity index (χ0) is 18.0. The summed E-state index contributed by atoms with van der Waals surface area (Å²) in [6.07, 6.45) is 2.00. The van der Waals surface area contributed by atoms with Crippen LogP contribution in [0.15, 0.2) is 36.5 Å². The van der Waals surface area contributed by atoms with Crippen molar-refractivity contribution in [1.82, 2.24) is 9.88 Å². The Morgan fingerprint density at radius 3 is 2.60 bits per heavy atom. The SMILES string of the molecule is CC(C)[C@@H](C(=O)Nc1cnc2ccccc2c1)N1C[C@@H](C)O[C@H](C)C1. The van der Waals surface area contributed by atoms with Crippen molar-refractivity contribution in [2.45, 2.75) is 45.9 Å². The summed E-state index contributed by atoms with van der Waals surface area (Å²) in [6.45, 7) is 9.85. The van der Waals surface area contributed by atoms with Crippen molar-refractivity contribution in [3.63, 3.8) is 0 Å². The van der Waals surface area contributed by atoms with Crippen molar-refractivity contribution >= 4 is 22.5 Å². The predicted molar refractivity (Wildman–Crippen MR) is 101 cm³/mol. The van der Waals surface area contributed by atoms with Gasteiger partial charge < -0.3 is 10.1 Å². The highest BCUT2D eigenvalue weighted by Gasteiger charge is 2.34. The molecule has 1 aromatic heterocycles. The third-order valence-corrected chi connectivity index (χ3v) is 4.60. The molecule has 134 valence electrons. The number of aromatic nitrogens is 1. The van der Waals surface area contributed by atoms with Crippen LogP contribution in [0.2, 0.25) is 0 Å². The fourth-order valence-corrected chi connectivity index (χ4v) is 3.69. The molecule has 2 aromatic rings. The van der Waals surface area contributed by atoms with E-state index in [0.717, 1.165) is 29.7 Å². The number of morpholine rings is 1. The quantitative estimate of drug-likeness (QED) is 0.927. The Morgan fingerprint density at radius 2 is 1.92 bits per heavy atom. The summed E-state index contributed by atoms with van der Waals surface area (Å²) in [6, 6.07) is 9.70. The molecule has 25 heavy (non-hydrogen) atoms. The second-order valence-electron chi connectivity index (χ2n) is 7.31. The Bertz CT molecular complexity index is 737. The lowest BCUT2D eigenvalue weighted by Crippen LogP contribution is -2.55. The summed E-state index contributed by atoms with van der Waals surface area (Å²) < 4.78 is 5.81. The number of hydrogen-bond acceptors (Lipinski definition) is 4. The maximum absolute atomic E-state index is 13.0. The van der Waals surface area contributed by atoms with E-state index in [4.69, 9.17) is 4.74 Å². The standard InChI is InChI=1S/C20H27N3O2/c1-13(2)19(23-11-14(3)25-15(4)12-23)20(24)22-17-9-16-7-5-6-8-18(16)21-10-17/h5-10,13-15,19H,11-12H2,1-4H3,(H,22,24)/t14-,15-,19+/m1/s1. The number of carbonyl (C=O) groups is 1. The van der Waals surface area contributed by atoms with Gasteiger partial charge in [-0.05, 0) is 31.9 Å². The largest absolute Gasteiger partial charge is 0.373 e. The van der Waals surface area contributed by atoms with Crippen molar-refractivity contribution in [3.05, 3.63) is 36.5 Å². The molecule has 1 aliphatic heterocycles. The number of pyridine rings is 1. The minimum atomic E-state index is -0.180. The highest BCUT2D eigenvalue weighted by Crippen LogP contribution is 2.21. The number of hydrogen-bond donors (Lipinski definition) is 1. The fraction of sp³-hybridized carbons (Fsp3) is 0.500. The lowest BCUT2D eigenvalue weighted by Gasteiger charge is -2.41. The zero-order valence-corrected chi connectivity index (χ0v) is 15.4. The minimum Gasteiger partial charge on any atom is -0.373 e. The maximum Gasteiger partial charge on any atom is 0.242 e. The van der Waals surface area contributed by atoms with Gasteiger partial charge in [0.2, 0.25) is 5.91 Å². The van der Waals surface area contributed by atoms with Gasteiger partial charge in [0.15, 0.2) is 0 Å². The summed E-state index contributed by atoms with van der Waals surface area (Å²) in [5.74, 6) is 0.235. The Hall–Kier alpha value is -1.98. The molecular formula is C20H27N3O2. The molecule has 0 bridgehead atoms. The number of carbonyl (C=O) groups excluding carboxylic acids is 1. The topological polar surface area (TPSA) is 54.5 Å². The average Bonchev–Trinajstić information content (AvgIpc) is 2.53. The lowest BCUT2D eigenvalue weighted by molar-refractivity contribution is -0.130. The van der Waals surface area contributed by atoms with Crippen molar-refractivity contribution in [2.24, 2.45) is 5.92 Å². The Morgan fingerprint density at radius 1 is 1.24 bits per heavy atom. The predicted octanol–water partition coefficient (Wildman–Crippen LogP) is 3.31. The van der Waals surface area contributed by atoms with E-state index in [0.29, 0.717) is 0 Å². The summed E-state index contributed by atoms with van der Waals surface area (Å²) in [5.41, 5.74) is 1.67. The van der Waals surface area contributed by atoms with E-state index in [1.807, 2.05) is 30.3 Å². The van der Waals surface area contributed by atoms with E-state index in [9.17, 15) is 4.79 Å². The van der Waals surface area contributed by atoms with Crippen molar-refractivity contribution in [3.8, 4) is 0 Å². The molecule has 1 aromatic carbocycles. The van der Waals surface area contributed by atoms with Crippen LogP contribution in [0.25, 0.3) is 10.9 Å². The highest BCUT2D eigenvalue weighted by molar-refractivity contribution is 5.96. The third-order valence-electron chi connectivity index (χ3n) is 4.60. The van der Waals surface area contributed by atoms with Gasteiger partial charge in [-0.1, -0.05) is 32.0 Å². The van der Waals surface area contributed by atoms with Crippen LogP contribution in [0.3, 0.4) is 0 Å². The Labute approximate surface area is 149 Å². The van der Waals surface area contributed by atoms with Gasteiger partial charge in [0, 0.05) is 18.5 Å². The number of benzene rings is 1. The number of amides is 1. The molecule has 0 aliphatic carbocycles. The second-order valence-corrected chi connectivity index (χ2v) is 7.31. The first-order valence-corrected chi connectivity index (χ1v) is 8.99. The molecule has 0 saturated carbocycles. The molecule has 3 atom stereocenters. The van der Waals surface area contributed by atoms with Crippen molar-refractivity contribution in [2.75, 3.05) is 18.4 Å². The van der Waals surface area contributed by atoms with Crippen molar-refractivity contribution < 1.29 is 9.53 Å². The first-order chi connectivity index (χ1) is 11.9.